The van der Waals surface area contributed by atoms with Crippen LogP contribution in [0.25, 0.3) is 0 Å². The third-order valence-corrected chi connectivity index (χ3v) is 2.81. The molecule has 0 aliphatic carbocycles. The molecule has 0 atom stereocenters. The number of hydrogen-bond donors (Lipinski definition) is 1. The molecule has 0 radical (unpaired) electrons. The van der Waals surface area contributed by atoms with Gasteiger partial charge in [0.25, 0.3) is 0 Å². The van der Waals surface area contributed by atoms with Crippen molar-refractivity contribution in [3.63, 3.8) is 0 Å². The molecule has 16 heavy (non-hydrogen) atoms. The van der Waals surface area contributed by atoms with E-state index in [2.05, 4.69) is 19.1 Å². The van der Waals surface area contributed by atoms with Gasteiger partial charge in [0.15, 0.2) is 11.5 Å². The Morgan fingerprint density at radius 1 is 1.19 bits per heavy atom. The van der Waals surface area contributed by atoms with Gasteiger partial charge in [-0.05, 0) is 49.9 Å². The van der Waals surface area contributed by atoms with E-state index in [4.69, 9.17) is 15.2 Å². The van der Waals surface area contributed by atoms with E-state index in [1.807, 2.05) is 0 Å². The minimum Gasteiger partial charge on any atom is -0.486 e. The fraction of sp³-hybridized carbons (Fsp3) is 0.538. The Hall–Kier alpha value is -1.22. The lowest BCUT2D eigenvalue weighted by Gasteiger charge is -2.21. The number of unbranched alkanes of at least 4 members (excludes halogenated alkanes) is 1. The van der Waals surface area contributed by atoms with Crippen LogP contribution in [-0.2, 0) is 6.42 Å². The second-order valence-electron chi connectivity index (χ2n) is 4.18. The largest absolute Gasteiger partial charge is 0.486 e. The molecule has 1 aromatic rings. The summed E-state index contributed by atoms with van der Waals surface area (Å²) in [6.07, 6.45) is 3.28. The van der Waals surface area contributed by atoms with Gasteiger partial charge < -0.3 is 15.2 Å². The van der Waals surface area contributed by atoms with Gasteiger partial charge >= 0.3 is 0 Å². The first-order chi connectivity index (χ1) is 7.81. The molecular weight excluding hydrogens is 202 g/mol. The van der Waals surface area contributed by atoms with Crippen molar-refractivity contribution in [3.8, 4) is 11.5 Å². The van der Waals surface area contributed by atoms with E-state index in [0.29, 0.717) is 13.2 Å². The van der Waals surface area contributed by atoms with Crippen LogP contribution in [0.1, 0.15) is 24.0 Å². The molecule has 0 fully saturated rings. The highest BCUT2D eigenvalue weighted by Gasteiger charge is 2.14. The molecule has 0 unspecified atom stereocenters. The fourth-order valence-corrected chi connectivity index (χ4v) is 2.02. The maximum absolute atomic E-state index is 5.60. The van der Waals surface area contributed by atoms with E-state index in [-0.39, 0.29) is 0 Å². The zero-order chi connectivity index (χ0) is 11.4. The highest BCUT2D eigenvalue weighted by Crippen LogP contribution is 2.34. The van der Waals surface area contributed by atoms with Gasteiger partial charge in [-0.15, -0.1) is 0 Å². The third-order valence-electron chi connectivity index (χ3n) is 2.81. The lowest BCUT2D eigenvalue weighted by molar-refractivity contribution is 0.170. The highest BCUT2D eigenvalue weighted by molar-refractivity contribution is 5.49. The van der Waals surface area contributed by atoms with Crippen LogP contribution >= 0.6 is 0 Å². The third kappa shape index (κ3) is 2.47. The van der Waals surface area contributed by atoms with E-state index >= 15 is 0 Å². The zero-order valence-corrected chi connectivity index (χ0v) is 9.79. The molecule has 0 amide bonds. The summed E-state index contributed by atoms with van der Waals surface area (Å²) in [5.41, 5.74) is 7.97. The van der Waals surface area contributed by atoms with Gasteiger partial charge in [0.1, 0.15) is 13.2 Å². The Kier molecular flexibility index (Phi) is 3.67. The molecule has 0 spiro atoms. The molecule has 1 aliphatic heterocycles. The first-order valence-corrected chi connectivity index (χ1v) is 5.90. The Balaban J connectivity index is 2.12. The van der Waals surface area contributed by atoms with Crippen molar-refractivity contribution >= 4 is 0 Å². The number of nitrogens with two attached hydrogens (primary N) is 1. The lowest BCUT2D eigenvalue weighted by atomic mass is 10.0. The van der Waals surface area contributed by atoms with Gasteiger partial charge in [-0.1, -0.05) is 6.07 Å². The van der Waals surface area contributed by atoms with Crippen LogP contribution in [0.15, 0.2) is 12.1 Å². The quantitative estimate of drug-likeness (QED) is 0.791. The average Bonchev–Trinajstić information content (AvgIpc) is 2.30. The monoisotopic (exact) mass is 221 g/mol. The van der Waals surface area contributed by atoms with E-state index in [1.54, 1.807) is 0 Å². The Bertz CT molecular complexity index is 363. The first kappa shape index (κ1) is 11.3. The molecule has 2 rings (SSSR count). The van der Waals surface area contributed by atoms with Crippen LogP contribution in [0.5, 0.6) is 11.5 Å². The molecule has 0 aromatic heterocycles. The summed E-state index contributed by atoms with van der Waals surface area (Å²) in [6.45, 7) is 4.14. The van der Waals surface area contributed by atoms with Crippen molar-refractivity contribution < 1.29 is 9.47 Å². The number of hydrogen-bond acceptors (Lipinski definition) is 3. The predicted octanol–water partition coefficient (Wildman–Crippen LogP) is 2.05. The first-order valence-electron chi connectivity index (χ1n) is 5.90. The summed E-state index contributed by atoms with van der Waals surface area (Å²) >= 11 is 0. The van der Waals surface area contributed by atoms with Crippen LogP contribution in [0.4, 0.5) is 0 Å². The molecule has 1 aliphatic rings. The summed E-state index contributed by atoms with van der Waals surface area (Å²) in [4.78, 5) is 0. The molecule has 0 saturated heterocycles. The Labute approximate surface area is 96.5 Å². The van der Waals surface area contributed by atoms with Gasteiger partial charge in [0.05, 0.1) is 0 Å². The Morgan fingerprint density at radius 2 is 2.00 bits per heavy atom. The Morgan fingerprint density at radius 3 is 2.81 bits per heavy atom. The maximum atomic E-state index is 5.60. The zero-order valence-electron chi connectivity index (χ0n) is 9.79. The van der Waals surface area contributed by atoms with Crippen LogP contribution < -0.4 is 15.2 Å². The van der Waals surface area contributed by atoms with Crippen molar-refractivity contribution in [2.45, 2.75) is 26.2 Å². The van der Waals surface area contributed by atoms with Gasteiger partial charge in [0, 0.05) is 0 Å². The summed E-state index contributed by atoms with van der Waals surface area (Å²) in [5, 5.41) is 0. The molecule has 1 aromatic carbocycles. The molecule has 0 saturated carbocycles. The van der Waals surface area contributed by atoms with Crippen molar-refractivity contribution in [1.82, 2.24) is 0 Å². The molecule has 3 heteroatoms. The standard InChI is InChI=1S/C13H19NO2/c1-10-8-11(4-2-3-5-14)9-12-13(10)16-7-6-15-12/h8-9H,2-7,14H2,1H3. The highest BCUT2D eigenvalue weighted by atomic mass is 16.6. The van der Waals surface area contributed by atoms with Crippen LogP contribution in [-0.4, -0.2) is 19.8 Å². The van der Waals surface area contributed by atoms with E-state index in [9.17, 15) is 0 Å². The molecular formula is C13H19NO2. The molecule has 3 nitrogen and oxygen atoms in total. The van der Waals surface area contributed by atoms with E-state index < -0.39 is 0 Å². The van der Waals surface area contributed by atoms with Crippen molar-refractivity contribution in [2.75, 3.05) is 19.8 Å². The predicted molar refractivity (Wildman–Crippen MR) is 64.2 cm³/mol. The molecule has 0 bridgehead atoms. The SMILES string of the molecule is Cc1cc(CCCCN)cc2c1OCCO2. The second-order valence-corrected chi connectivity index (χ2v) is 4.18. The average molecular weight is 221 g/mol. The topological polar surface area (TPSA) is 44.5 Å². The molecule has 88 valence electrons. The maximum Gasteiger partial charge on any atom is 0.164 e. The van der Waals surface area contributed by atoms with Crippen LogP contribution in [0, 0.1) is 6.92 Å². The van der Waals surface area contributed by atoms with Crippen LogP contribution in [0.2, 0.25) is 0 Å². The molecule has 2 N–H and O–H groups in total. The summed E-state index contributed by atoms with van der Waals surface area (Å²) < 4.78 is 11.2. The second kappa shape index (κ2) is 5.21. The minimum atomic E-state index is 0.651. The van der Waals surface area contributed by atoms with Gasteiger partial charge in [-0.25, -0.2) is 0 Å². The summed E-state index contributed by atoms with van der Waals surface area (Å²) in [5.74, 6) is 1.81. The number of rotatable bonds is 4. The smallest absolute Gasteiger partial charge is 0.164 e. The minimum absolute atomic E-state index is 0.651. The summed E-state index contributed by atoms with van der Waals surface area (Å²) in [6, 6.07) is 4.28. The number of aryl methyl sites for hydroxylation is 2. The molecule has 1 heterocycles. The van der Waals surface area contributed by atoms with E-state index in [0.717, 1.165) is 37.3 Å². The van der Waals surface area contributed by atoms with Gasteiger partial charge in [-0.3, -0.25) is 0 Å². The van der Waals surface area contributed by atoms with Crippen LogP contribution in [0.3, 0.4) is 0 Å². The van der Waals surface area contributed by atoms with Gasteiger partial charge in [-0.2, -0.15) is 0 Å². The van der Waals surface area contributed by atoms with Crippen molar-refractivity contribution in [2.24, 2.45) is 5.73 Å². The van der Waals surface area contributed by atoms with E-state index in [1.165, 1.54) is 11.1 Å². The number of fused-ring (bicyclic) bond motifs is 1. The normalized spacial score (nSPS) is 13.9. The summed E-state index contributed by atoms with van der Waals surface area (Å²) in [7, 11) is 0. The van der Waals surface area contributed by atoms with Crippen molar-refractivity contribution in [3.05, 3.63) is 23.3 Å². The number of benzene rings is 1. The lowest BCUT2D eigenvalue weighted by Crippen LogP contribution is -2.16. The number of ether oxygens (including phenoxy) is 2. The van der Waals surface area contributed by atoms with Crippen molar-refractivity contribution in [1.29, 1.82) is 0 Å². The fourth-order valence-electron chi connectivity index (χ4n) is 2.02. The van der Waals surface area contributed by atoms with Gasteiger partial charge in [0.2, 0.25) is 0 Å².